The van der Waals surface area contributed by atoms with E-state index >= 15 is 0 Å². The molecule has 92 valence electrons. The molecule has 17 heavy (non-hydrogen) atoms. The zero-order chi connectivity index (χ0) is 12.3. The van der Waals surface area contributed by atoms with Crippen LogP contribution in [0, 0.1) is 6.92 Å². The molecule has 1 amide bonds. The van der Waals surface area contributed by atoms with Crippen molar-refractivity contribution in [1.82, 2.24) is 0 Å². The average molecular weight is 232 g/mol. The number of hydrogen-bond acceptors (Lipinski definition) is 2. The van der Waals surface area contributed by atoms with Crippen LogP contribution in [0.1, 0.15) is 31.7 Å². The summed E-state index contributed by atoms with van der Waals surface area (Å²) < 4.78 is 0. The first-order valence-corrected chi connectivity index (χ1v) is 6.30. The molecule has 1 aromatic rings. The zero-order valence-corrected chi connectivity index (χ0v) is 10.6. The van der Waals surface area contributed by atoms with Crippen LogP contribution in [0.5, 0.6) is 0 Å². The zero-order valence-electron chi connectivity index (χ0n) is 10.6. The van der Waals surface area contributed by atoms with Gasteiger partial charge in [-0.2, -0.15) is 0 Å². The van der Waals surface area contributed by atoms with E-state index in [1.54, 1.807) is 6.92 Å². The summed E-state index contributed by atoms with van der Waals surface area (Å²) in [6, 6.07) is 6.31. The maximum atomic E-state index is 11.1. The van der Waals surface area contributed by atoms with Crippen molar-refractivity contribution in [2.24, 2.45) is 0 Å². The summed E-state index contributed by atoms with van der Waals surface area (Å²) in [5.41, 5.74) is 3.26. The Morgan fingerprint density at radius 1 is 1.24 bits per heavy atom. The summed E-state index contributed by atoms with van der Waals surface area (Å²) in [5, 5.41) is 2.89. The normalized spacial score (nSPS) is 15.8. The molecule has 1 aliphatic heterocycles. The van der Waals surface area contributed by atoms with Gasteiger partial charge in [0.2, 0.25) is 5.91 Å². The van der Waals surface area contributed by atoms with E-state index in [1.165, 1.54) is 24.9 Å². The number of carbonyl (C=O) groups is 1. The van der Waals surface area contributed by atoms with Gasteiger partial charge in [0.1, 0.15) is 0 Å². The second-order valence-corrected chi connectivity index (χ2v) is 4.73. The summed E-state index contributed by atoms with van der Waals surface area (Å²) in [7, 11) is 0. The minimum absolute atomic E-state index is 0.0103. The fraction of sp³-hybridized carbons (Fsp3) is 0.500. The third-order valence-electron chi connectivity index (χ3n) is 3.25. The standard InChI is InChI=1S/C14H20N2O/c1-11-6-7-13(10-14(11)15-12(2)17)16-8-4-3-5-9-16/h6-7,10H,3-5,8-9H2,1-2H3,(H,15,17). The van der Waals surface area contributed by atoms with Crippen LogP contribution in [0.15, 0.2) is 18.2 Å². The minimum Gasteiger partial charge on any atom is -0.371 e. The van der Waals surface area contributed by atoms with E-state index in [0.717, 1.165) is 24.3 Å². The molecule has 0 saturated carbocycles. The van der Waals surface area contributed by atoms with Crippen molar-refractivity contribution < 1.29 is 4.79 Å². The third-order valence-corrected chi connectivity index (χ3v) is 3.25. The van der Waals surface area contributed by atoms with E-state index in [-0.39, 0.29) is 5.91 Å². The Morgan fingerprint density at radius 3 is 2.59 bits per heavy atom. The second-order valence-electron chi connectivity index (χ2n) is 4.73. The molecule has 0 atom stereocenters. The Morgan fingerprint density at radius 2 is 1.94 bits per heavy atom. The van der Waals surface area contributed by atoms with Crippen LogP contribution in [0.3, 0.4) is 0 Å². The van der Waals surface area contributed by atoms with Crippen molar-refractivity contribution in [1.29, 1.82) is 0 Å². The van der Waals surface area contributed by atoms with E-state index in [4.69, 9.17) is 0 Å². The van der Waals surface area contributed by atoms with Crippen LogP contribution in [0.2, 0.25) is 0 Å². The van der Waals surface area contributed by atoms with Gasteiger partial charge in [0.25, 0.3) is 0 Å². The molecule has 1 aliphatic rings. The highest BCUT2D eigenvalue weighted by atomic mass is 16.1. The van der Waals surface area contributed by atoms with Crippen molar-refractivity contribution in [3.8, 4) is 0 Å². The number of anilines is 2. The number of rotatable bonds is 2. The van der Waals surface area contributed by atoms with E-state index in [1.807, 2.05) is 6.92 Å². The average Bonchev–Trinajstić information content (AvgIpc) is 2.32. The molecular weight excluding hydrogens is 212 g/mol. The Hall–Kier alpha value is -1.51. The van der Waals surface area contributed by atoms with E-state index in [2.05, 4.69) is 28.4 Å². The van der Waals surface area contributed by atoms with Crippen molar-refractivity contribution >= 4 is 17.3 Å². The van der Waals surface area contributed by atoms with Crippen LogP contribution in [-0.2, 0) is 4.79 Å². The molecule has 1 N–H and O–H groups in total. The van der Waals surface area contributed by atoms with Gasteiger partial charge in [-0.25, -0.2) is 0 Å². The van der Waals surface area contributed by atoms with Crippen LogP contribution in [-0.4, -0.2) is 19.0 Å². The lowest BCUT2D eigenvalue weighted by atomic mass is 10.1. The molecule has 2 rings (SSSR count). The highest BCUT2D eigenvalue weighted by molar-refractivity contribution is 5.90. The molecule has 0 aliphatic carbocycles. The van der Waals surface area contributed by atoms with Gasteiger partial charge in [-0.1, -0.05) is 6.07 Å². The van der Waals surface area contributed by atoms with Crippen molar-refractivity contribution in [2.45, 2.75) is 33.1 Å². The van der Waals surface area contributed by atoms with Crippen LogP contribution in [0.25, 0.3) is 0 Å². The predicted molar refractivity (Wildman–Crippen MR) is 71.5 cm³/mol. The molecule has 0 unspecified atom stereocenters. The molecule has 1 saturated heterocycles. The molecule has 0 aromatic heterocycles. The Balaban J connectivity index is 2.20. The van der Waals surface area contributed by atoms with E-state index < -0.39 is 0 Å². The third kappa shape index (κ3) is 2.99. The molecule has 0 bridgehead atoms. The van der Waals surface area contributed by atoms with Crippen LogP contribution in [0.4, 0.5) is 11.4 Å². The van der Waals surface area contributed by atoms with Crippen molar-refractivity contribution in [2.75, 3.05) is 23.3 Å². The summed E-state index contributed by atoms with van der Waals surface area (Å²) >= 11 is 0. The number of hydrogen-bond donors (Lipinski definition) is 1. The summed E-state index contributed by atoms with van der Waals surface area (Å²) in [6.45, 7) is 5.82. The Kier molecular flexibility index (Phi) is 3.67. The van der Waals surface area contributed by atoms with Gasteiger partial charge in [0, 0.05) is 31.4 Å². The fourth-order valence-electron chi connectivity index (χ4n) is 2.28. The largest absolute Gasteiger partial charge is 0.371 e. The first-order valence-electron chi connectivity index (χ1n) is 6.30. The first kappa shape index (κ1) is 12.0. The molecule has 1 fully saturated rings. The van der Waals surface area contributed by atoms with Gasteiger partial charge in [0.15, 0.2) is 0 Å². The number of benzene rings is 1. The minimum atomic E-state index is -0.0103. The predicted octanol–water partition coefficient (Wildman–Crippen LogP) is 2.94. The number of aryl methyl sites for hydroxylation is 1. The lowest BCUT2D eigenvalue weighted by molar-refractivity contribution is -0.114. The molecule has 0 radical (unpaired) electrons. The second kappa shape index (κ2) is 5.21. The molecular formula is C14H20N2O. The van der Waals surface area contributed by atoms with Gasteiger partial charge in [-0.05, 0) is 43.9 Å². The van der Waals surface area contributed by atoms with Crippen LogP contribution >= 0.6 is 0 Å². The molecule has 1 aromatic carbocycles. The van der Waals surface area contributed by atoms with E-state index in [0.29, 0.717) is 0 Å². The first-order chi connectivity index (χ1) is 8.16. The maximum Gasteiger partial charge on any atom is 0.221 e. The van der Waals surface area contributed by atoms with Crippen LogP contribution < -0.4 is 10.2 Å². The van der Waals surface area contributed by atoms with Gasteiger partial charge in [0.05, 0.1) is 0 Å². The highest BCUT2D eigenvalue weighted by Gasteiger charge is 2.12. The molecule has 0 spiro atoms. The number of nitrogens with zero attached hydrogens (tertiary/aromatic N) is 1. The highest BCUT2D eigenvalue weighted by Crippen LogP contribution is 2.25. The number of carbonyl (C=O) groups excluding carboxylic acids is 1. The monoisotopic (exact) mass is 232 g/mol. The lowest BCUT2D eigenvalue weighted by Crippen LogP contribution is -2.29. The number of amides is 1. The Bertz CT molecular complexity index is 409. The van der Waals surface area contributed by atoms with Gasteiger partial charge >= 0.3 is 0 Å². The van der Waals surface area contributed by atoms with E-state index in [9.17, 15) is 4.79 Å². The van der Waals surface area contributed by atoms with Crippen molar-refractivity contribution in [3.05, 3.63) is 23.8 Å². The molecule has 1 heterocycles. The topological polar surface area (TPSA) is 32.3 Å². The molecule has 3 heteroatoms. The summed E-state index contributed by atoms with van der Waals surface area (Å²) in [6.07, 6.45) is 3.87. The smallest absolute Gasteiger partial charge is 0.221 e. The number of piperidine rings is 1. The Labute approximate surface area is 103 Å². The fourth-order valence-corrected chi connectivity index (χ4v) is 2.28. The van der Waals surface area contributed by atoms with Gasteiger partial charge in [-0.3, -0.25) is 4.79 Å². The number of nitrogens with one attached hydrogen (secondary N) is 1. The van der Waals surface area contributed by atoms with Gasteiger partial charge < -0.3 is 10.2 Å². The quantitative estimate of drug-likeness (QED) is 0.850. The maximum absolute atomic E-state index is 11.1. The summed E-state index contributed by atoms with van der Waals surface area (Å²) in [5.74, 6) is -0.0103. The molecule has 3 nitrogen and oxygen atoms in total. The van der Waals surface area contributed by atoms with Gasteiger partial charge in [-0.15, -0.1) is 0 Å². The summed E-state index contributed by atoms with van der Waals surface area (Å²) in [4.78, 5) is 13.5. The van der Waals surface area contributed by atoms with Crippen molar-refractivity contribution in [3.63, 3.8) is 0 Å². The SMILES string of the molecule is CC(=O)Nc1cc(N2CCCCC2)ccc1C. The lowest BCUT2D eigenvalue weighted by Gasteiger charge is -2.29.